The molecule has 1 atom stereocenters. The minimum Gasteiger partial charge on any atom is -0.326 e. The molecule has 2 heterocycles. The lowest BCUT2D eigenvalue weighted by Gasteiger charge is -2.21. The molecule has 0 bridgehead atoms. The third kappa shape index (κ3) is 2.04. The summed E-state index contributed by atoms with van der Waals surface area (Å²) in [4.78, 5) is 11.6. The molecule has 1 aromatic rings. The molecule has 5 nitrogen and oxygen atoms in total. The van der Waals surface area contributed by atoms with Gasteiger partial charge in [0.1, 0.15) is 0 Å². The van der Waals surface area contributed by atoms with Gasteiger partial charge in [-0.3, -0.25) is 4.79 Å². The quantitative estimate of drug-likeness (QED) is 0.889. The summed E-state index contributed by atoms with van der Waals surface area (Å²) in [6.07, 6.45) is 2.07. The van der Waals surface area contributed by atoms with Crippen LogP contribution in [0.2, 0.25) is 0 Å². The Morgan fingerprint density at radius 3 is 2.84 bits per heavy atom. The van der Waals surface area contributed by atoms with Crippen LogP contribution in [-0.2, 0) is 21.2 Å². The molecule has 1 amide bonds. The molecular weight excluding hydrogens is 264 g/mol. The number of carbonyl (C=O) groups is 1. The van der Waals surface area contributed by atoms with E-state index in [1.807, 2.05) is 6.92 Å². The van der Waals surface area contributed by atoms with Crippen molar-refractivity contribution in [1.29, 1.82) is 0 Å². The Labute approximate surface area is 112 Å². The summed E-state index contributed by atoms with van der Waals surface area (Å²) in [5, 5.41) is 2.71. The zero-order chi connectivity index (χ0) is 13.6. The Kier molecular flexibility index (Phi) is 2.87. The molecular formula is C13H16N2O3S. The monoisotopic (exact) mass is 280 g/mol. The van der Waals surface area contributed by atoms with Crippen molar-refractivity contribution >= 4 is 21.6 Å². The van der Waals surface area contributed by atoms with E-state index in [0.29, 0.717) is 6.54 Å². The summed E-state index contributed by atoms with van der Waals surface area (Å²) in [5.74, 6) is -0.0842. The summed E-state index contributed by atoms with van der Waals surface area (Å²) in [6, 6.07) is 4.92. The van der Waals surface area contributed by atoms with Crippen molar-refractivity contribution in [3.63, 3.8) is 0 Å². The first-order valence-electron chi connectivity index (χ1n) is 6.43. The Balaban J connectivity index is 1.99. The van der Waals surface area contributed by atoms with Gasteiger partial charge in [-0.1, -0.05) is 0 Å². The van der Waals surface area contributed by atoms with E-state index in [1.54, 1.807) is 22.5 Å². The number of benzene rings is 1. The van der Waals surface area contributed by atoms with Gasteiger partial charge in [0.05, 0.1) is 11.3 Å². The van der Waals surface area contributed by atoms with Gasteiger partial charge in [-0.2, -0.15) is 4.31 Å². The van der Waals surface area contributed by atoms with E-state index >= 15 is 0 Å². The third-order valence-corrected chi connectivity index (χ3v) is 5.81. The largest absolute Gasteiger partial charge is 0.326 e. The number of sulfonamides is 1. The number of hydrogen-bond acceptors (Lipinski definition) is 3. The Bertz CT molecular complexity index is 639. The SMILES string of the molecule is CC1CCCN1S(=O)(=O)c1ccc2c(c1)CC(=O)N2. The number of nitrogens with one attached hydrogen (secondary N) is 1. The number of amides is 1. The standard InChI is InChI=1S/C13H16N2O3S/c1-9-3-2-6-15(9)19(17,18)11-4-5-12-10(7-11)8-13(16)14-12/h4-5,7,9H,2-3,6,8H2,1H3,(H,14,16). The molecule has 0 radical (unpaired) electrons. The summed E-state index contributed by atoms with van der Waals surface area (Å²) >= 11 is 0. The average molecular weight is 280 g/mol. The van der Waals surface area contributed by atoms with Crippen molar-refractivity contribution in [2.75, 3.05) is 11.9 Å². The lowest BCUT2D eigenvalue weighted by atomic mass is 10.2. The van der Waals surface area contributed by atoms with E-state index in [-0.39, 0.29) is 23.3 Å². The highest BCUT2D eigenvalue weighted by molar-refractivity contribution is 7.89. The van der Waals surface area contributed by atoms with Gasteiger partial charge in [0.2, 0.25) is 15.9 Å². The van der Waals surface area contributed by atoms with Crippen LogP contribution in [0.15, 0.2) is 23.1 Å². The van der Waals surface area contributed by atoms with E-state index in [4.69, 9.17) is 0 Å². The summed E-state index contributed by atoms with van der Waals surface area (Å²) < 4.78 is 26.6. The minimum atomic E-state index is -3.43. The number of nitrogens with zero attached hydrogens (tertiary/aromatic N) is 1. The topological polar surface area (TPSA) is 66.5 Å². The molecule has 1 saturated heterocycles. The van der Waals surface area contributed by atoms with E-state index in [1.165, 1.54) is 0 Å². The van der Waals surface area contributed by atoms with Crippen LogP contribution >= 0.6 is 0 Å². The first-order valence-corrected chi connectivity index (χ1v) is 7.87. The van der Waals surface area contributed by atoms with Gasteiger partial charge < -0.3 is 5.32 Å². The van der Waals surface area contributed by atoms with Crippen LogP contribution in [0.25, 0.3) is 0 Å². The predicted octanol–water partition coefficient (Wildman–Crippen LogP) is 1.35. The molecule has 2 aliphatic rings. The van der Waals surface area contributed by atoms with Gasteiger partial charge in [-0.05, 0) is 43.5 Å². The van der Waals surface area contributed by atoms with Crippen LogP contribution in [0, 0.1) is 0 Å². The minimum absolute atomic E-state index is 0.0537. The predicted molar refractivity (Wildman–Crippen MR) is 71.4 cm³/mol. The summed E-state index contributed by atoms with van der Waals surface area (Å²) in [6.45, 7) is 2.51. The number of fused-ring (bicyclic) bond motifs is 1. The summed E-state index contributed by atoms with van der Waals surface area (Å²) in [7, 11) is -3.43. The number of anilines is 1. The molecule has 1 unspecified atom stereocenters. The average Bonchev–Trinajstić information content (AvgIpc) is 2.92. The maximum absolute atomic E-state index is 12.5. The molecule has 0 spiro atoms. The van der Waals surface area contributed by atoms with Crippen molar-refractivity contribution in [2.45, 2.75) is 37.1 Å². The fraction of sp³-hybridized carbons (Fsp3) is 0.462. The summed E-state index contributed by atoms with van der Waals surface area (Å²) in [5.41, 5.74) is 1.48. The third-order valence-electron chi connectivity index (χ3n) is 3.80. The van der Waals surface area contributed by atoms with Crippen molar-refractivity contribution in [1.82, 2.24) is 4.31 Å². The number of rotatable bonds is 2. The zero-order valence-corrected chi connectivity index (χ0v) is 11.5. The van der Waals surface area contributed by atoms with Gasteiger partial charge in [0, 0.05) is 18.3 Å². The fourth-order valence-electron chi connectivity index (χ4n) is 2.77. The second-order valence-electron chi connectivity index (χ2n) is 5.15. The maximum Gasteiger partial charge on any atom is 0.243 e. The molecule has 3 rings (SSSR count). The van der Waals surface area contributed by atoms with E-state index in [0.717, 1.165) is 24.1 Å². The Hall–Kier alpha value is -1.40. The molecule has 0 aliphatic carbocycles. The van der Waals surface area contributed by atoms with Crippen molar-refractivity contribution in [3.05, 3.63) is 23.8 Å². The van der Waals surface area contributed by atoms with Crippen LogP contribution in [0.4, 0.5) is 5.69 Å². The zero-order valence-electron chi connectivity index (χ0n) is 10.7. The second kappa shape index (κ2) is 4.31. The van der Waals surface area contributed by atoms with Gasteiger partial charge >= 0.3 is 0 Å². The molecule has 6 heteroatoms. The Morgan fingerprint density at radius 1 is 1.37 bits per heavy atom. The van der Waals surface area contributed by atoms with Gasteiger partial charge in [-0.15, -0.1) is 0 Å². The highest BCUT2D eigenvalue weighted by Crippen LogP contribution is 2.30. The van der Waals surface area contributed by atoms with E-state index < -0.39 is 10.0 Å². The maximum atomic E-state index is 12.5. The first kappa shape index (κ1) is 12.6. The lowest BCUT2D eigenvalue weighted by molar-refractivity contribution is -0.115. The van der Waals surface area contributed by atoms with Crippen LogP contribution in [0.1, 0.15) is 25.3 Å². The molecule has 0 aromatic heterocycles. The number of carbonyl (C=O) groups excluding carboxylic acids is 1. The van der Waals surface area contributed by atoms with Gasteiger partial charge in [0.25, 0.3) is 0 Å². The van der Waals surface area contributed by atoms with Crippen molar-refractivity contribution in [2.24, 2.45) is 0 Å². The van der Waals surface area contributed by atoms with Gasteiger partial charge in [-0.25, -0.2) is 8.42 Å². The van der Waals surface area contributed by atoms with Crippen LogP contribution in [0.5, 0.6) is 0 Å². The highest BCUT2D eigenvalue weighted by Gasteiger charge is 2.33. The van der Waals surface area contributed by atoms with Crippen LogP contribution in [0.3, 0.4) is 0 Å². The molecule has 1 aromatic carbocycles. The highest BCUT2D eigenvalue weighted by atomic mass is 32.2. The smallest absolute Gasteiger partial charge is 0.243 e. The number of hydrogen-bond donors (Lipinski definition) is 1. The molecule has 1 N–H and O–H groups in total. The molecule has 2 aliphatic heterocycles. The van der Waals surface area contributed by atoms with Crippen molar-refractivity contribution in [3.8, 4) is 0 Å². The molecule has 0 saturated carbocycles. The fourth-order valence-corrected chi connectivity index (χ4v) is 4.52. The van der Waals surface area contributed by atoms with Gasteiger partial charge in [0.15, 0.2) is 0 Å². The van der Waals surface area contributed by atoms with E-state index in [2.05, 4.69) is 5.32 Å². The second-order valence-corrected chi connectivity index (χ2v) is 7.04. The van der Waals surface area contributed by atoms with Crippen molar-refractivity contribution < 1.29 is 13.2 Å². The first-order chi connectivity index (χ1) is 8.98. The normalized spacial score (nSPS) is 23.4. The lowest BCUT2D eigenvalue weighted by Crippen LogP contribution is -2.33. The van der Waals surface area contributed by atoms with E-state index in [9.17, 15) is 13.2 Å². The van der Waals surface area contributed by atoms with Crippen LogP contribution in [-0.4, -0.2) is 31.2 Å². The van der Waals surface area contributed by atoms with Crippen LogP contribution < -0.4 is 5.32 Å². The Morgan fingerprint density at radius 2 is 2.16 bits per heavy atom. The molecule has 19 heavy (non-hydrogen) atoms. The molecule has 102 valence electrons. The molecule has 1 fully saturated rings.